The summed E-state index contributed by atoms with van der Waals surface area (Å²) in [6.45, 7) is 5.29. The van der Waals surface area contributed by atoms with Gasteiger partial charge in [-0.3, -0.25) is 9.69 Å². The Morgan fingerprint density at radius 2 is 2.08 bits per heavy atom. The molecule has 3 rings (SSSR count). The van der Waals surface area contributed by atoms with Crippen molar-refractivity contribution in [3.05, 3.63) is 34.9 Å². The first kappa shape index (κ1) is 17.7. The van der Waals surface area contributed by atoms with Crippen LogP contribution in [0, 0.1) is 0 Å². The predicted molar refractivity (Wildman–Crippen MR) is 96.1 cm³/mol. The van der Waals surface area contributed by atoms with Crippen molar-refractivity contribution >= 4 is 17.5 Å². The molecule has 4 nitrogen and oxygen atoms in total. The topological polar surface area (TPSA) is 32.8 Å². The Bertz CT molecular complexity index is 560. The molecular formula is C19H27ClN2O2. The van der Waals surface area contributed by atoms with Crippen molar-refractivity contribution in [3.8, 4) is 0 Å². The molecule has 1 atom stereocenters. The summed E-state index contributed by atoms with van der Waals surface area (Å²) in [6.07, 6.45) is 5.00. The molecule has 1 saturated heterocycles. The molecule has 1 heterocycles. The Kier molecular flexibility index (Phi) is 6.14. The van der Waals surface area contributed by atoms with E-state index in [0.29, 0.717) is 32.3 Å². The molecule has 0 radical (unpaired) electrons. The Labute approximate surface area is 149 Å². The molecule has 1 aromatic rings. The van der Waals surface area contributed by atoms with Gasteiger partial charge in [-0.25, -0.2) is 0 Å². The quantitative estimate of drug-likeness (QED) is 0.816. The summed E-state index contributed by atoms with van der Waals surface area (Å²) in [5.41, 5.74) is 1.11. The predicted octanol–water partition coefficient (Wildman–Crippen LogP) is 3.33. The number of hydrogen-bond acceptors (Lipinski definition) is 3. The van der Waals surface area contributed by atoms with E-state index in [1.807, 2.05) is 30.0 Å². The second-order valence-corrected chi connectivity index (χ2v) is 7.36. The van der Waals surface area contributed by atoms with E-state index < -0.39 is 0 Å². The van der Waals surface area contributed by atoms with Crippen LogP contribution in [-0.2, 0) is 16.1 Å². The largest absolute Gasteiger partial charge is 0.375 e. The number of carbonyl (C=O) groups is 1. The number of rotatable bonds is 5. The van der Waals surface area contributed by atoms with E-state index in [0.717, 1.165) is 17.1 Å². The SMILES string of the molecule is C[C@@H]1CN(C(=O)CN(Cc2ccccc2Cl)C2CCCC2)CCO1. The van der Waals surface area contributed by atoms with Gasteiger partial charge in [-0.1, -0.05) is 42.6 Å². The summed E-state index contributed by atoms with van der Waals surface area (Å²) in [5, 5.41) is 0.785. The molecule has 0 aromatic heterocycles. The molecule has 0 bridgehead atoms. The highest BCUT2D eigenvalue weighted by Crippen LogP contribution is 2.27. The highest BCUT2D eigenvalue weighted by atomic mass is 35.5. The van der Waals surface area contributed by atoms with E-state index >= 15 is 0 Å². The van der Waals surface area contributed by atoms with Crippen LogP contribution in [0.25, 0.3) is 0 Å². The maximum atomic E-state index is 12.8. The zero-order valence-corrected chi connectivity index (χ0v) is 15.2. The third-order valence-electron chi connectivity index (χ3n) is 5.10. The van der Waals surface area contributed by atoms with Crippen molar-refractivity contribution in [3.63, 3.8) is 0 Å². The highest BCUT2D eigenvalue weighted by molar-refractivity contribution is 6.31. The Hall–Kier alpha value is -1.10. The van der Waals surface area contributed by atoms with Crippen molar-refractivity contribution in [2.24, 2.45) is 0 Å². The van der Waals surface area contributed by atoms with Gasteiger partial charge in [0.15, 0.2) is 0 Å². The Morgan fingerprint density at radius 1 is 1.33 bits per heavy atom. The lowest BCUT2D eigenvalue weighted by Gasteiger charge is -2.35. The lowest BCUT2D eigenvalue weighted by Crippen LogP contribution is -2.49. The minimum absolute atomic E-state index is 0.131. The summed E-state index contributed by atoms with van der Waals surface area (Å²) in [6, 6.07) is 8.44. The molecule has 1 aromatic carbocycles. The van der Waals surface area contributed by atoms with Crippen molar-refractivity contribution < 1.29 is 9.53 Å². The summed E-state index contributed by atoms with van der Waals surface area (Å²) >= 11 is 6.34. The summed E-state index contributed by atoms with van der Waals surface area (Å²) in [7, 11) is 0. The van der Waals surface area contributed by atoms with E-state index in [1.54, 1.807) is 0 Å². The fourth-order valence-electron chi connectivity index (χ4n) is 3.75. The third-order valence-corrected chi connectivity index (χ3v) is 5.47. The zero-order valence-electron chi connectivity index (χ0n) is 14.4. The van der Waals surface area contributed by atoms with E-state index in [4.69, 9.17) is 16.3 Å². The molecule has 1 aliphatic heterocycles. The number of hydrogen-bond donors (Lipinski definition) is 0. The number of amides is 1. The first-order valence-corrected chi connectivity index (χ1v) is 9.38. The van der Waals surface area contributed by atoms with Crippen LogP contribution in [0.2, 0.25) is 5.02 Å². The van der Waals surface area contributed by atoms with E-state index in [-0.39, 0.29) is 12.0 Å². The van der Waals surface area contributed by atoms with Gasteiger partial charge in [-0.15, -0.1) is 0 Å². The molecule has 0 N–H and O–H groups in total. The smallest absolute Gasteiger partial charge is 0.236 e. The average molecular weight is 351 g/mol. The number of ether oxygens (including phenoxy) is 1. The van der Waals surface area contributed by atoms with Crippen LogP contribution >= 0.6 is 11.6 Å². The standard InChI is InChI=1S/C19H27ClN2O2/c1-15-12-21(10-11-24-15)19(23)14-22(17-7-3-4-8-17)13-16-6-2-5-9-18(16)20/h2,5-6,9,15,17H,3-4,7-8,10-14H2,1H3/t15-/m1/s1. The van der Waals surface area contributed by atoms with Gasteiger partial charge in [0, 0.05) is 30.7 Å². The molecule has 5 heteroatoms. The van der Waals surface area contributed by atoms with Gasteiger partial charge in [0.25, 0.3) is 0 Å². The lowest BCUT2D eigenvalue weighted by molar-refractivity contribution is -0.140. The van der Waals surface area contributed by atoms with Crippen LogP contribution in [0.15, 0.2) is 24.3 Å². The third kappa shape index (κ3) is 4.50. The Morgan fingerprint density at radius 3 is 2.79 bits per heavy atom. The van der Waals surface area contributed by atoms with E-state index in [2.05, 4.69) is 11.0 Å². The normalized spacial score (nSPS) is 22.3. The molecular weight excluding hydrogens is 324 g/mol. The molecule has 132 valence electrons. The molecule has 1 aliphatic carbocycles. The second kappa shape index (κ2) is 8.32. The van der Waals surface area contributed by atoms with Gasteiger partial charge < -0.3 is 9.64 Å². The van der Waals surface area contributed by atoms with Gasteiger partial charge in [0.05, 0.1) is 19.3 Å². The van der Waals surface area contributed by atoms with Crippen molar-refractivity contribution in [2.45, 2.75) is 51.3 Å². The van der Waals surface area contributed by atoms with E-state index in [1.165, 1.54) is 25.7 Å². The minimum atomic E-state index is 0.131. The fraction of sp³-hybridized carbons (Fsp3) is 0.632. The van der Waals surface area contributed by atoms with Gasteiger partial charge in [-0.05, 0) is 31.4 Å². The molecule has 2 aliphatic rings. The lowest BCUT2D eigenvalue weighted by atomic mass is 10.1. The van der Waals surface area contributed by atoms with E-state index in [9.17, 15) is 4.79 Å². The maximum Gasteiger partial charge on any atom is 0.236 e. The number of nitrogens with zero attached hydrogens (tertiary/aromatic N) is 2. The van der Waals surface area contributed by atoms with Crippen molar-refractivity contribution in [2.75, 3.05) is 26.2 Å². The number of halogens is 1. The van der Waals surface area contributed by atoms with Crippen LogP contribution in [0.1, 0.15) is 38.2 Å². The molecule has 1 saturated carbocycles. The Balaban J connectivity index is 1.68. The number of benzene rings is 1. The second-order valence-electron chi connectivity index (χ2n) is 6.96. The van der Waals surface area contributed by atoms with Gasteiger partial charge >= 0.3 is 0 Å². The van der Waals surface area contributed by atoms with Crippen LogP contribution in [0.5, 0.6) is 0 Å². The van der Waals surface area contributed by atoms with Gasteiger partial charge in [0.2, 0.25) is 5.91 Å². The summed E-state index contributed by atoms with van der Waals surface area (Å²) in [4.78, 5) is 17.1. The summed E-state index contributed by atoms with van der Waals surface area (Å²) in [5.74, 6) is 0.212. The highest BCUT2D eigenvalue weighted by Gasteiger charge is 2.28. The average Bonchev–Trinajstić information content (AvgIpc) is 3.10. The minimum Gasteiger partial charge on any atom is -0.375 e. The van der Waals surface area contributed by atoms with Crippen LogP contribution in [0.4, 0.5) is 0 Å². The fourth-order valence-corrected chi connectivity index (χ4v) is 3.94. The molecule has 2 fully saturated rings. The number of carbonyl (C=O) groups excluding carboxylic acids is 1. The summed E-state index contributed by atoms with van der Waals surface area (Å²) < 4.78 is 5.55. The van der Waals surface area contributed by atoms with Crippen LogP contribution < -0.4 is 0 Å². The zero-order chi connectivity index (χ0) is 16.9. The molecule has 1 amide bonds. The van der Waals surface area contributed by atoms with Crippen molar-refractivity contribution in [1.29, 1.82) is 0 Å². The van der Waals surface area contributed by atoms with Crippen molar-refractivity contribution in [1.82, 2.24) is 9.80 Å². The molecule has 0 unspecified atom stereocenters. The maximum absolute atomic E-state index is 12.8. The number of morpholine rings is 1. The molecule has 24 heavy (non-hydrogen) atoms. The van der Waals surface area contributed by atoms with Gasteiger partial charge in [-0.2, -0.15) is 0 Å². The van der Waals surface area contributed by atoms with Crippen LogP contribution in [-0.4, -0.2) is 54.1 Å². The first-order chi connectivity index (χ1) is 11.6. The monoisotopic (exact) mass is 350 g/mol. The van der Waals surface area contributed by atoms with Crippen LogP contribution in [0.3, 0.4) is 0 Å². The molecule has 0 spiro atoms. The van der Waals surface area contributed by atoms with Gasteiger partial charge in [0.1, 0.15) is 0 Å². The first-order valence-electron chi connectivity index (χ1n) is 9.00.